The molecule has 0 atom stereocenters. The van der Waals surface area contributed by atoms with Crippen LogP contribution in [0.4, 0.5) is 17.1 Å². The third-order valence-corrected chi connectivity index (χ3v) is 8.41. The molecule has 3 heterocycles. The fourth-order valence-electron chi connectivity index (χ4n) is 6.47. The lowest BCUT2D eigenvalue weighted by Gasteiger charge is -2.42. The van der Waals surface area contributed by atoms with Crippen LogP contribution in [0.5, 0.6) is 0 Å². The summed E-state index contributed by atoms with van der Waals surface area (Å²) in [5, 5.41) is 4.54. The number of fused-ring (bicyclic) bond motifs is 8. The van der Waals surface area contributed by atoms with E-state index in [1.165, 1.54) is 33.3 Å². The number of rotatable bonds is 2. The topological polar surface area (TPSA) is 41.9 Å². The Morgan fingerprint density at radius 3 is 1.82 bits per heavy atom. The molecule has 0 spiro atoms. The van der Waals surface area contributed by atoms with Crippen LogP contribution in [0.25, 0.3) is 43.7 Å². The van der Waals surface area contributed by atoms with Crippen molar-refractivity contribution < 1.29 is 0 Å². The van der Waals surface area contributed by atoms with Crippen molar-refractivity contribution in [2.75, 3.05) is 4.90 Å². The number of pyridine rings is 1. The summed E-state index contributed by atoms with van der Waals surface area (Å²) in [6.45, 7) is 4.63. The van der Waals surface area contributed by atoms with Crippen LogP contribution < -0.4 is 4.90 Å². The summed E-state index contributed by atoms with van der Waals surface area (Å²) in [7, 11) is 0. The second-order valence-corrected chi connectivity index (χ2v) is 11.0. The lowest BCUT2D eigenvalue weighted by Crippen LogP contribution is -2.30. The molecule has 190 valence electrons. The Hall–Kier alpha value is -5.09. The van der Waals surface area contributed by atoms with Gasteiger partial charge in [0.1, 0.15) is 0 Å². The third-order valence-electron chi connectivity index (χ3n) is 8.41. The highest BCUT2D eigenvalue weighted by atomic mass is 15.2. The monoisotopic (exact) mass is 514 g/mol. The minimum atomic E-state index is -0.0963. The summed E-state index contributed by atoms with van der Waals surface area (Å²) >= 11 is 0. The lowest BCUT2D eigenvalue weighted by atomic mass is 9.73. The van der Waals surface area contributed by atoms with Gasteiger partial charge in [-0.15, -0.1) is 0 Å². The van der Waals surface area contributed by atoms with E-state index >= 15 is 0 Å². The van der Waals surface area contributed by atoms with E-state index in [-0.39, 0.29) is 5.41 Å². The minimum absolute atomic E-state index is 0.0963. The number of aromatic nitrogens is 3. The molecule has 7 aromatic rings. The fraction of sp³-hybridized carbons (Fsp3) is 0.0833. The standard InChI is InChI=1S/C36H26N4/c1-36(2)30-9-3-5-11-32(30)40(33-12-6-4-10-31(33)36)25-14-16-27-26-15-13-23(24-8-7-17-37-22-24)20-28(26)34-35(29(27)21-25)39-19-18-38-34/h3-22H,1-2H3. The molecule has 0 unspecified atom stereocenters. The van der Waals surface area contributed by atoms with E-state index in [0.29, 0.717) is 0 Å². The van der Waals surface area contributed by atoms with Crippen molar-refractivity contribution in [2.45, 2.75) is 19.3 Å². The largest absolute Gasteiger partial charge is 0.310 e. The molecule has 1 aliphatic heterocycles. The van der Waals surface area contributed by atoms with Crippen LogP contribution in [-0.4, -0.2) is 15.0 Å². The number of hydrogen-bond donors (Lipinski definition) is 0. The maximum absolute atomic E-state index is 4.87. The molecule has 0 N–H and O–H groups in total. The van der Waals surface area contributed by atoms with Gasteiger partial charge in [0.05, 0.1) is 22.4 Å². The maximum Gasteiger partial charge on any atom is 0.0972 e. The van der Waals surface area contributed by atoms with Gasteiger partial charge in [0.15, 0.2) is 0 Å². The zero-order chi connectivity index (χ0) is 26.8. The highest BCUT2D eigenvalue weighted by molar-refractivity contribution is 6.24. The summed E-state index contributed by atoms with van der Waals surface area (Å²) in [4.78, 5) is 16.4. The average Bonchev–Trinajstić information content (AvgIpc) is 3.01. The van der Waals surface area contributed by atoms with E-state index in [9.17, 15) is 0 Å². The molecule has 0 saturated carbocycles. The summed E-state index contributed by atoms with van der Waals surface area (Å²) in [6.07, 6.45) is 7.28. The van der Waals surface area contributed by atoms with Crippen LogP contribution >= 0.6 is 0 Å². The zero-order valence-corrected chi connectivity index (χ0v) is 22.3. The molecule has 0 amide bonds. The van der Waals surface area contributed by atoms with Gasteiger partial charge in [-0.1, -0.05) is 74.5 Å². The Bertz CT molecular complexity index is 2030. The van der Waals surface area contributed by atoms with E-state index in [0.717, 1.165) is 38.6 Å². The van der Waals surface area contributed by atoms with Crippen LogP contribution in [0.3, 0.4) is 0 Å². The quantitative estimate of drug-likeness (QED) is 0.216. The van der Waals surface area contributed by atoms with Gasteiger partial charge in [0.25, 0.3) is 0 Å². The van der Waals surface area contributed by atoms with Gasteiger partial charge >= 0.3 is 0 Å². The first kappa shape index (κ1) is 22.9. The van der Waals surface area contributed by atoms with E-state index in [2.05, 4.69) is 115 Å². The van der Waals surface area contributed by atoms with Gasteiger partial charge < -0.3 is 4.90 Å². The van der Waals surface area contributed by atoms with Gasteiger partial charge in [-0.2, -0.15) is 0 Å². The molecular weight excluding hydrogens is 488 g/mol. The fourth-order valence-corrected chi connectivity index (χ4v) is 6.47. The Labute approximate surface area is 232 Å². The van der Waals surface area contributed by atoms with Gasteiger partial charge in [-0.25, -0.2) is 0 Å². The zero-order valence-electron chi connectivity index (χ0n) is 22.3. The normalized spacial score (nSPS) is 13.9. The number of benzene rings is 5. The van der Waals surface area contributed by atoms with Crippen LogP contribution in [0.15, 0.2) is 122 Å². The van der Waals surface area contributed by atoms with Crippen molar-refractivity contribution in [2.24, 2.45) is 0 Å². The third kappa shape index (κ3) is 3.23. The Morgan fingerprint density at radius 2 is 1.18 bits per heavy atom. The Kier molecular flexibility index (Phi) is 4.83. The van der Waals surface area contributed by atoms with E-state index in [1.54, 1.807) is 18.6 Å². The minimum Gasteiger partial charge on any atom is -0.310 e. The molecule has 1 aliphatic rings. The highest BCUT2D eigenvalue weighted by Gasteiger charge is 2.36. The lowest BCUT2D eigenvalue weighted by molar-refractivity contribution is 0.632. The summed E-state index contributed by atoms with van der Waals surface area (Å²) in [5.41, 5.74) is 10.1. The van der Waals surface area contributed by atoms with E-state index in [1.807, 2.05) is 12.3 Å². The SMILES string of the molecule is CC1(C)c2ccccc2N(c2ccc3c4ccc(-c5cccnc5)cc4c4nccnc4c3c2)c2ccccc21. The van der Waals surface area contributed by atoms with Gasteiger partial charge in [0.2, 0.25) is 0 Å². The first-order chi connectivity index (χ1) is 19.6. The van der Waals surface area contributed by atoms with Crippen LogP contribution in [0, 0.1) is 0 Å². The van der Waals surface area contributed by atoms with Gasteiger partial charge in [-0.05, 0) is 63.9 Å². The van der Waals surface area contributed by atoms with Crippen LogP contribution in [0.1, 0.15) is 25.0 Å². The van der Waals surface area contributed by atoms with Crippen molar-refractivity contribution in [3.05, 3.63) is 133 Å². The van der Waals surface area contributed by atoms with Crippen LogP contribution in [0.2, 0.25) is 0 Å². The van der Waals surface area contributed by atoms with E-state index in [4.69, 9.17) is 9.97 Å². The number of anilines is 3. The molecule has 8 rings (SSSR count). The molecule has 0 aliphatic carbocycles. The summed E-state index contributed by atoms with van der Waals surface area (Å²) in [5.74, 6) is 0. The van der Waals surface area contributed by atoms with Crippen molar-refractivity contribution >= 4 is 49.6 Å². The molecule has 40 heavy (non-hydrogen) atoms. The van der Waals surface area contributed by atoms with Crippen molar-refractivity contribution in [1.82, 2.24) is 15.0 Å². The van der Waals surface area contributed by atoms with Crippen LogP contribution in [-0.2, 0) is 5.41 Å². The average molecular weight is 515 g/mol. The molecule has 0 fully saturated rings. The molecular formula is C36H26N4. The second-order valence-electron chi connectivity index (χ2n) is 11.0. The number of para-hydroxylation sites is 2. The molecule has 4 heteroatoms. The second kappa shape index (κ2) is 8.45. The summed E-state index contributed by atoms with van der Waals surface area (Å²) < 4.78 is 0. The van der Waals surface area contributed by atoms with E-state index < -0.39 is 0 Å². The molecule has 0 bridgehead atoms. The molecule has 0 saturated heterocycles. The molecule has 5 aromatic carbocycles. The molecule has 0 radical (unpaired) electrons. The van der Waals surface area contributed by atoms with Crippen molar-refractivity contribution in [3.8, 4) is 11.1 Å². The van der Waals surface area contributed by atoms with Crippen molar-refractivity contribution in [1.29, 1.82) is 0 Å². The first-order valence-corrected chi connectivity index (χ1v) is 13.6. The predicted octanol–water partition coefficient (Wildman–Crippen LogP) is 9.11. The first-order valence-electron chi connectivity index (χ1n) is 13.6. The maximum atomic E-state index is 4.87. The predicted molar refractivity (Wildman–Crippen MR) is 165 cm³/mol. The Balaban J connectivity index is 1.40. The smallest absolute Gasteiger partial charge is 0.0972 e. The summed E-state index contributed by atoms with van der Waals surface area (Å²) in [6, 6.07) is 35.0. The number of nitrogens with zero attached hydrogens (tertiary/aromatic N) is 4. The highest BCUT2D eigenvalue weighted by Crippen LogP contribution is 2.52. The molecule has 4 nitrogen and oxygen atoms in total. The van der Waals surface area contributed by atoms with Gasteiger partial charge in [-0.3, -0.25) is 15.0 Å². The Morgan fingerprint density at radius 1 is 0.550 bits per heavy atom. The molecule has 2 aromatic heterocycles. The number of hydrogen-bond acceptors (Lipinski definition) is 4. The van der Waals surface area contributed by atoms with Crippen molar-refractivity contribution in [3.63, 3.8) is 0 Å². The van der Waals surface area contributed by atoms with Gasteiger partial charge in [0, 0.05) is 52.2 Å².